The maximum absolute atomic E-state index is 12.7. The van der Waals surface area contributed by atoms with E-state index in [1.54, 1.807) is 10.9 Å². The molecular weight excluding hydrogens is 324 g/mol. The predicted molar refractivity (Wildman–Crippen MR) is 86.2 cm³/mol. The monoisotopic (exact) mass is 342 g/mol. The number of hydroxylamine groups is 2. The minimum atomic E-state index is -1.06. The SMILES string of the molecule is CCn1ncc2c1C(C(=O)O)N1CC2N(OCc2ccccc2)C1=O. The quantitative estimate of drug-likeness (QED) is 0.897. The Morgan fingerprint density at radius 1 is 1.36 bits per heavy atom. The van der Waals surface area contributed by atoms with E-state index >= 15 is 0 Å². The number of hydrogen-bond donors (Lipinski definition) is 1. The molecule has 0 aliphatic carbocycles. The standard InChI is InChI=1S/C17H18N4O4/c1-2-20-14-12(8-18-20)13-9-19(15(14)16(22)23)17(24)21(13)25-10-11-6-4-3-5-7-11/h3-8,13,15H,2,9-10H2,1H3,(H,22,23). The zero-order chi connectivity index (χ0) is 17.6. The summed E-state index contributed by atoms with van der Waals surface area (Å²) in [4.78, 5) is 31.6. The molecule has 2 bridgehead atoms. The summed E-state index contributed by atoms with van der Waals surface area (Å²) in [5.41, 5.74) is 2.24. The van der Waals surface area contributed by atoms with Gasteiger partial charge in [0.05, 0.1) is 18.4 Å². The molecule has 4 rings (SSSR count). The fraction of sp³-hybridized carbons (Fsp3) is 0.353. The van der Waals surface area contributed by atoms with Gasteiger partial charge in [0.15, 0.2) is 6.04 Å². The Morgan fingerprint density at radius 3 is 2.80 bits per heavy atom. The summed E-state index contributed by atoms with van der Waals surface area (Å²) >= 11 is 0. The van der Waals surface area contributed by atoms with Crippen molar-refractivity contribution in [1.82, 2.24) is 19.7 Å². The second-order valence-electron chi connectivity index (χ2n) is 6.08. The lowest BCUT2D eigenvalue weighted by Crippen LogP contribution is -2.39. The van der Waals surface area contributed by atoms with Crippen LogP contribution in [0, 0.1) is 0 Å². The summed E-state index contributed by atoms with van der Waals surface area (Å²) in [6, 6.07) is 7.72. The molecule has 0 spiro atoms. The molecule has 8 nitrogen and oxygen atoms in total. The summed E-state index contributed by atoms with van der Waals surface area (Å²) in [5, 5.41) is 15.2. The second-order valence-corrected chi connectivity index (χ2v) is 6.08. The number of amides is 2. The van der Waals surface area contributed by atoms with Gasteiger partial charge in [-0.25, -0.2) is 9.59 Å². The van der Waals surface area contributed by atoms with Gasteiger partial charge in [0.2, 0.25) is 0 Å². The Morgan fingerprint density at radius 2 is 2.12 bits per heavy atom. The Bertz CT molecular complexity index is 819. The fourth-order valence-corrected chi connectivity index (χ4v) is 3.52. The zero-order valence-electron chi connectivity index (χ0n) is 13.7. The molecule has 2 aliphatic rings. The lowest BCUT2D eigenvalue weighted by molar-refractivity contribution is -0.143. The van der Waals surface area contributed by atoms with Crippen molar-refractivity contribution in [2.75, 3.05) is 6.54 Å². The first-order valence-corrected chi connectivity index (χ1v) is 8.17. The molecule has 2 amide bonds. The van der Waals surface area contributed by atoms with Gasteiger partial charge < -0.3 is 10.0 Å². The number of nitrogens with zero attached hydrogens (tertiary/aromatic N) is 4. The van der Waals surface area contributed by atoms with Crippen molar-refractivity contribution in [2.24, 2.45) is 0 Å². The number of urea groups is 1. The summed E-state index contributed by atoms with van der Waals surface area (Å²) in [5.74, 6) is -1.06. The molecule has 1 N–H and O–H groups in total. The number of carbonyl (C=O) groups excluding carboxylic acids is 1. The van der Waals surface area contributed by atoms with Crippen LogP contribution in [0.15, 0.2) is 36.5 Å². The number of carbonyl (C=O) groups is 2. The molecule has 1 saturated heterocycles. The van der Waals surface area contributed by atoms with Crippen LogP contribution >= 0.6 is 0 Å². The number of carboxylic acids is 1. The zero-order valence-corrected chi connectivity index (χ0v) is 13.7. The number of aryl methyl sites for hydroxylation is 1. The van der Waals surface area contributed by atoms with Crippen LogP contribution in [0.2, 0.25) is 0 Å². The lowest BCUT2D eigenvalue weighted by atomic mass is 9.98. The first-order valence-electron chi connectivity index (χ1n) is 8.17. The highest BCUT2D eigenvalue weighted by Crippen LogP contribution is 2.44. The fourth-order valence-electron chi connectivity index (χ4n) is 3.52. The maximum Gasteiger partial charge on any atom is 0.345 e. The molecule has 1 aromatic heterocycles. The van der Waals surface area contributed by atoms with Crippen LogP contribution in [0.25, 0.3) is 0 Å². The molecule has 0 radical (unpaired) electrons. The van der Waals surface area contributed by atoms with E-state index in [-0.39, 0.29) is 19.2 Å². The lowest BCUT2D eigenvalue weighted by Gasteiger charge is -2.28. The van der Waals surface area contributed by atoms with Gasteiger partial charge in [-0.2, -0.15) is 10.2 Å². The second kappa shape index (κ2) is 5.89. The van der Waals surface area contributed by atoms with Gasteiger partial charge in [-0.3, -0.25) is 9.52 Å². The first kappa shape index (κ1) is 15.6. The Hall–Kier alpha value is -2.87. The highest BCUT2D eigenvalue weighted by Gasteiger charge is 2.52. The van der Waals surface area contributed by atoms with Gasteiger partial charge >= 0.3 is 12.0 Å². The number of benzene rings is 1. The number of rotatable bonds is 5. The van der Waals surface area contributed by atoms with E-state index in [0.29, 0.717) is 12.2 Å². The largest absolute Gasteiger partial charge is 0.479 e. The molecule has 3 heterocycles. The van der Waals surface area contributed by atoms with E-state index < -0.39 is 18.0 Å². The van der Waals surface area contributed by atoms with Crippen LogP contribution < -0.4 is 0 Å². The first-order chi connectivity index (χ1) is 12.1. The van der Waals surface area contributed by atoms with Crippen LogP contribution in [0.1, 0.15) is 35.8 Å². The van der Waals surface area contributed by atoms with Gasteiger partial charge in [-0.15, -0.1) is 0 Å². The van der Waals surface area contributed by atoms with Gasteiger partial charge in [0, 0.05) is 12.1 Å². The van der Waals surface area contributed by atoms with Crippen molar-refractivity contribution in [1.29, 1.82) is 0 Å². The molecule has 1 aromatic carbocycles. The van der Waals surface area contributed by atoms with Crippen molar-refractivity contribution >= 4 is 12.0 Å². The average Bonchev–Trinajstić information content (AvgIpc) is 3.16. The van der Waals surface area contributed by atoms with Gasteiger partial charge in [-0.05, 0) is 12.5 Å². The molecule has 1 fully saturated rings. The average molecular weight is 342 g/mol. The van der Waals surface area contributed by atoms with E-state index in [4.69, 9.17) is 4.84 Å². The molecule has 130 valence electrons. The van der Waals surface area contributed by atoms with Crippen molar-refractivity contribution in [3.8, 4) is 0 Å². The number of hydrogen-bond acceptors (Lipinski definition) is 4. The number of aromatic nitrogens is 2. The minimum absolute atomic E-state index is 0.242. The van der Waals surface area contributed by atoms with Crippen LogP contribution in [0.5, 0.6) is 0 Å². The molecule has 2 aliphatic heterocycles. The molecular formula is C17H18N4O4. The van der Waals surface area contributed by atoms with E-state index in [9.17, 15) is 14.7 Å². The summed E-state index contributed by atoms with van der Waals surface area (Å²) in [7, 11) is 0. The van der Waals surface area contributed by atoms with E-state index in [1.165, 1.54) is 9.96 Å². The molecule has 2 atom stereocenters. The molecule has 2 aromatic rings. The van der Waals surface area contributed by atoms with Crippen molar-refractivity contribution < 1.29 is 19.5 Å². The summed E-state index contributed by atoms with van der Waals surface area (Å²) in [6.45, 7) is 2.96. The maximum atomic E-state index is 12.7. The third-order valence-electron chi connectivity index (χ3n) is 4.67. The van der Waals surface area contributed by atoms with E-state index in [0.717, 1.165) is 11.1 Å². The van der Waals surface area contributed by atoms with Crippen LogP contribution in [-0.2, 0) is 22.8 Å². The molecule has 8 heteroatoms. The molecule has 25 heavy (non-hydrogen) atoms. The van der Waals surface area contributed by atoms with Crippen LogP contribution in [0.3, 0.4) is 0 Å². The Labute approximate surface area is 144 Å². The van der Waals surface area contributed by atoms with Crippen molar-refractivity contribution in [3.05, 3.63) is 53.3 Å². The van der Waals surface area contributed by atoms with Crippen molar-refractivity contribution in [2.45, 2.75) is 32.2 Å². The van der Waals surface area contributed by atoms with Crippen LogP contribution in [-0.4, -0.2) is 43.4 Å². The highest BCUT2D eigenvalue weighted by atomic mass is 16.7. The topological polar surface area (TPSA) is 87.9 Å². The van der Waals surface area contributed by atoms with Crippen LogP contribution in [0.4, 0.5) is 4.79 Å². The number of carboxylic acid groups (broad SMARTS) is 1. The summed E-state index contributed by atoms with van der Waals surface area (Å²) in [6.07, 6.45) is 1.65. The van der Waals surface area contributed by atoms with Gasteiger partial charge in [-0.1, -0.05) is 30.3 Å². The third kappa shape index (κ3) is 2.37. The van der Waals surface area contributed by atoms with Gasteiger partial charge in [0.1, 0.15) is 12.6 Å². The van der Waals surface area contributed by atoms with Crippen molar-refractivity contribution in [3.63, 3.8) is 0 Å². The van der Waals surface area contributed by atoms with E-state index in [1.807, 2.05) is 37.3 Å². The molecule has 0 saturated carbocycles. The number of fused-ring (bicyclic) bond motifs is 4. The van der Waals surface area contributed by atoms with E-state index in [2.05, 4.69) is 5.10 Å². The Kier molecular flexibility index (Phi) is 3.69. The molecule has 2 unspecified atom stereocenters. The number of aliphatic carboxylic acids is 1. The highest BCUT2D eigenvalue weighted by molar-refractivity contribution is 5.86. The predicted octanol–water partition coefficient (Wildman–Crippen LogP) is 1.95. The minimum Gasteiger partial charge on any atom is -0.479 e. The Balaban J connectivity index is 1.66. The smallest absolute Gasteiger partial charge is 0.345 e. The normalized spacial score (nSPS) is 21.6. The summed E-state index contributed by atoms with van der Waals surface area (Å²) < 4.78 is 1.64. The van der Waals surface area contributed by atoms with Gasteiger partial charge in [0.25, 0.3) is 0 Å². The third-order valence-corrected chi connectivity index (χ3v) is 4.67.